The van der Waals surface area contributed by atoms with Crippen LogP contribution in [0.5, 0.6) is 5.75 Å². The highest BCUT2D eigenvalue weighted by Crippen LogP contribution is 2.33. The maximum atomic E-state index is 13.3. The molecule has 164 valence electrons. The minimum Gasteiger partial charge on any atom is -0.494 e. The Morgan fingerprint density at radius 2 is 1.61 bits per heavy atom. The van der Waals surface area contributed by atoms with E-state index in [1.165, 1.54) is 0 Å². The molecule has 2 aromatic heterocycles. The van der Waals surface area contributed by atoms with Crippen molar-refractivity contribution in [2.24, 2.45) is 0 Å². The quantitative estimate of drug-likeness (QED) is 0.294. The van der Waals surface area contributed by atoms with Crippen LogP contribution in [-0.4, -0.2) is 24.7 Å². The van der Waals surface area contributed by atoms with Gasteiger partial charge in [-0.25, -0.2) is 0 Å². The van der Waals surface area contributed by atoms with Crippen LogP contribution < -0.4 is 10.1 Å². The summed E-state index contributed by atoms with van der Waals surface area (Å²) >= 11 is 0. The molecule has 2 heterocycles. The number of carbonyl (C=O) groups excluding carboxylic acids is 2. The summed E-state index contributed by atoms with van der Waals surface area (Å²) in [5.41, 5.74) is 2.16. The Morgan fingerprint density at radius 3 is 2.36 bits per heavy atom. The molecule has 5 aromatic rings. The molecule has 0 fully saturated rings. The van der Waals surface area contributed by atoms with Gasteiger partial charge in [0.15, 0.2) is 11.5 Å². The Bertz CT molecular complexity index is 1430. The molecule has 0 atom stereocenters. The van der Waals surface area contributed by atoms with Gasteiger partial charge in [0, 0.05) is 16.3 Å². The van der Waals surface area contributed by atoms with E-state index in [0.717, 1.165) is 10.8 Å². The maximum absolute atomic E-state index is 13.3. The second-order valence-corrected chi connectivity index (χ2v) is 7.51. The van der Waals surface area contributed by atoms with Gasteiger partial charge in [-0.15, -0.1) is 0 Å². The first kappa shape index (κ1) is 20.6. The van der Waals surface area contributed by atoms with Gasteiger partial charge in [-0.2, -0.15) is 0 Å². The van der Waals surface area contributed by atoms with Crippen LogP contribution in [0.4, 0.5) is 5.69 Å². The summed E-state index contributed by atoms with van der Waals surface area (Å²) in [5, 5.41) is 4.70. The second-order valence-electron chi connectivity index (χ2n) is 7.51. The number of nitrogens with one attached hydrogen (secondary N) is 1. The zero-order valence-electron chi connectivity index (χ0n) is 18.0. The van der Waals surface area contributed by atoms with Crippen LogP contribution in [0.2, 0.25) is 0 Å². The van der Waals surface area contributed by atoms with E-state index in [1.54, 1.807) is 36.4 Å². The number of para-hydroxylation sites is 2. The first-order valence-corrected chi connectivity index (χ1v) is 10.7. The highest BCUT2D eigenvalue weighted by molar-refractivity contribution is 6.15. The van der Waals surface area contributed by atoms with Gasteiger partial charge in [0.25, 0.3) is 0 Å². The van der Waals surface area contributed by atoms with Crippen LogP contribution >= 0.6 is 0 Å². The van der Waals surface area contributed by atoms with Gasteiger partial charge >= 0.3 is 0 Å². The van der Waals surface area contributed by atoms with Crippen molar-refractivity contribution in [3.8, 4) is 5.75 Å². The van der Waals surface area contributed by atoms with E-state index >= 15 is 0 Å². The molecular weight excluding hydrogens is 418 g/mol. The van der Waals surface area contributed by atoms with Gasteiger partial charge in [-0.05, 0) is 55.5 Å². The Kier molecular flexibility index (Phi) is 5.40. The molecule has 0 bridgehead atoms. The number of hydrogen-bond donors (Lipinski definition) is 1. The highest BCUT2D eigenvalue weighted by atomic mass is 16.5. The van der Waals surface area contributed by atoms with E-state index in [0.29, 0.717) is 34.8 Å². The Labute approximate surface area is 189 Å². The molecule has 6 heteroatoms. The summed E-state index contributed by atoms with van der Waals surface area (Å²) in [4.78, 5) is 26.1. The maximum Gasteiger partial charge on any atom is 0.230 e. The highest BCUT2D eigenvalue weighted by Gasteiger charge is 2.23. The number of hydrogen-bond acceptors (Lipinski definition) is 6. The van der Waals surface area contributed by atoms with Crippen molar-refractivity contribution in [3.05, 3.63) is 95.9 Å². The van der Waals surface area contributed by atoms with Gasteiger partial charge < -0.3 is 18.9 Å². The molecule has 0 amide bonds. The first-order valence-electron chi connectivity index (χ1n) is 10.7. The fraction of sp³-hybridized carbons (Fsp3) is 0.111. The van der Waals surface area contributed by atoms with E-state index < -0.39 is 0 Å². The lowest BCUT2D eigenvalue weighted by atomic mass is 10.1. The SMILES string of the molecule is CCOc1ccc(C(=O)c2oc3ccccc3c2NCC(=O)c2cc3ccccc3o2)cc1. The smallest absolute Gasteiger partial charge is 0.230 e. The lowest BCUT2D eigenvalue weighted by molar-refractivity contribution is 0.0978. The summed E-state index contributed by atoms with van der Waals surface area (Å²) in [7, 11) is 0. The monoisotopic (exact) mass is 439 g/mol. The number of ketones is 2. The first-order chi connectivity index (χ1) is 16.1. The predicted octanol–water partition coefficient (Wildman–Crippen LogP) is 6.10. The minimum atomic E-state index is -0.284. The van der Waals surface area contributed by atoms with Gasteiger partial charge in [0.05, 0.1) is 18.8 Å². The molecule has 0 saturated heterocycles. The molecular formula is C27H21NO5. The summed E-state index contributed by atoms with van der Waals surface area (Å²) in [6.07, 6.45) is 0. The normalized spacial score (nSPS) is 11.1. The van der Waals surface area contributed by atoms with Gasteiger partial charge in [-0.1, -0.05) is 30.3 Å². The third-order valence-electron chi connectivity index (χ3n) is 5.36. The van der Waals surface area contributed by atoms with E-state index in [4.69, 9.17) is 13.6 Å². The molecule has 0 saturated carbocycles. The molecule has 0 aliphatic carbocycles. The van der Waals surface area contributed by atoms with Crippen molar-refractivity contribution in [3.63, 3.8) is 0 Å². The van der Waals surface area contributed by atoms with Crippen molar-refractivity contribution in [1.29, 1.82) is 0 Å². The number of anilines is 1. The van der Waals surface area contributed by atoms with Gasteiger partial charge in [0.2, 0.25) is 11.6 Å². The largest absolute Gasteiger partial charge is 0.494 e. The summed E-state index contributed by atoms with van der Waals surface area (Å²) in [6, 6.07) is 23.4. The van der Waals surface area contributed by atoms with Crippen molar-refractivity contribution in [2.45, 2.75) is 6.92 Å². The Morgan fingerprint density at radius 1 is 0.879 bits per heavy atom. The average Bonchev–Trinajstić information content (AvgIpc) is 3.44. The zero-order chi connectivity index (χ0) is 22.8. The number of benzene rings is 3. The van der Waals surface area contributed by atoms with Crippen LogP contribution in [0, 0.1) is 0 Å². The predicted molar refractivity (Wildman–Crippen MR) is 126 cm³/mol. The van der Waals surface area contributed by atoms with E-state index in [1.807, 2.05) is 49.4 Å². The fourth-order valence-electron chi connectivity index (χ4n) is 3.76. The molecule has 0 spiro atoms. The number of fused-ring (bicyclic) bond motifs is 2. The fourth-order valence-corrected chi connectivity index (χ4v) is 3.76. The molecule has 0 unspecified atom stereocenters. The number of furan rings is 2. The van der Waals surface area contributed by atoms with Crippen molar-refractivity contribution < 1.29 is 23.2 Å². The second kappa shape index (κ2) is 8.67. The van der Waals surface area contributed by atoms with E-state index in [9.17, 15) is 9.59 Å². The topological polar surface area (TPSA) is 81.7 Å². The molecule has 0 radical (unpaired) electrons. The zero-order valence-corrected chi connectivity index (χ0v) is 18.0. The number of ether oxygens (including phenoxy) is 1. The van der Waals surface area contributed by atoms with Crippen LogP contribution in [0.3, 0.4) is 0 Å². The molecule has 1 N–H and O–H groups in total. The molecule has 33 heavy (non-hydrogen) atoms. The number of rotatable bonds is 8. The molecule has 6 nitrogen and oxygen atoms in total. The standard InChI is InChI=1S/C27H21NO5/c1-2-31-19-13-11-17(12-14-19)26(30)27-25(20-8-4-6-10-23(20)33-27)28-16-21(29)24-15-18-7-3-5-9-22(18)32-24/h3-15,28H,2,16H2,1H3. The third-order valence-corrected chi connectivity index (χ3v) is 5.36. The molecule has 5 rings (SSSR count). The van der Waals surface area contributed by atoms with Crippen molar-refractivity contribution in [1.82, 2.24) is 0 Å². The van der Waals surface area contributed by atoms with Crippen LogP contribution in [0.25, 0.3) is 21.9 Å². The van der Waals surface area contributed by atoms with Gasteiger partial charge in [-0.3, -0.25) is 9.59 Å². The number of carbonyl (C=O) groups is 2. The Balaban J connectivity index is 1.44. The average molecular weight is 439 g/mol. The molecule has 3 aromatic carbocycles. The third kappa shape index (κ3) is 3.99. The summed E-state index contributed by atoms with van der Waals surface area (Å²) in [6.45, 7) is 2.40. The number of Topliss-reactive ketones (excluding diaryl/α,β-unsaturated/α-hetero) is 1. The van der Waals surface area contributed by atoms with Crippen molar-refractivity contribution in [2.75, 3.05) is 18.5 Å². The lowest BCUT2D eigenvalue weighted by Gasteiger charge is -2.07. The Hall–Kier alpha value is -4.32. The van der Waals surface area contributed by atoms with Crippen LogP contribution in [0.15, 0.2) is 87.7 Å². The lowest BCUT2D eigenvalue weighted by Crippen LogP contribution is -2.15. The van der Waals surface area contributed by atoms with E-state index in [2.05, 4.69) is 5.32 Å². The summed E-state index contributed by atoms with van der Waals surface area (Å²) < 4.78 is 17.0. The molecule has 0 aliphatic rings. The van der Waals surface area contributed by atoms with E-state index in [-0.39, 0.29) is 29.6 Å². The van der Waals surface area contributed by atoms with Crippen molar-refractivity contribution >= 4 is 39.2 Å². The van der Waals surface area contributed by atoms with Crippen LogP contribution in [-0.2, 0) is 0 Å². The van der Waals surface area contributed by atoms with Crippen LogP contribution in [0.1, 0.15) is 33.6 Å². The minimum absolute atomic E-state index is 0.0487. The van der Waals surface area contributed by atoms with Gasteiger partial charge in [0.1, 0.15) is 16.9 Å². The molecule has 0 aliphatic heterocycles. The summed E-state index contributed by atoms with van der Waals surface area (Å²) in [5.74, 6) is 0.589.